The minimum Gasteiger partial charge on any atom is -0.497 e. The zero-order valence-corrected chi connectivity index (χ0v) is 23.1. The van der Waals surface area contributed by atoms with Gasteiger partial charge >= 0.3 is 0 Å². The van der Waals surface area contributed by atoms with Crippen LogP contribution in [0.15, 0.2) is 59.1 Å². The maximum absolute atomic E-state index is 14.6. The first-order chi connectivity index (χ1) is 18.8. The Morgan fingerprint density at radius 1 is 1.03 bits per heavy atom. The van der Waals surface area contributed by atoms with Gasteiger partial charge in [-0.1, -0.05) is 28.1 Å². The zero-order chi connectivity index (χ0) is 27.5. The molecule has 1 aliphatic carbocycles. The summed E-state index contributed by atoms with van der Waals surface area (Å²) in [4.78, 5) is 27.5. The lowest BCUT2D eigenvalue weighted by Crippen LogP contribution is -2.40. The van der Waals surface area contributed by atoms with Gasteiger partial charge in [-0.3, -0.25) is 9.59 Å². The molecule has 2 amide bonds. The van der Waals surface area contributed by atoms with Crippen LogP contribution in [0.1, 0.15) is 57.5 Å². The predicted molar refractivity (Wildman–Crippen MR) is 146 cm³/mol. The Bertz CT molecular complexity index is 1350. The molecule has 204 valence electrons. The molecule has 1 aliphatic heterocycles. The Labute approximate surface area is 234 Å². The number of hydrogen-bond acceptors (Lipinski definition) is 4. The monoisotopic (exact) mass is 598 g/mol. The van der Waals surface area contributed by atoms with Crippen LogP contribution >= 0.6 is 15.9 Å². The summed E-state index contributed by atoms with van der Waals surface area (Å²) in [5.41, 5.74) is 2.43. The summed E-state index contributed by atoms with van der Waals surface area (Å²) in [6, 6.07) is 14.9. The third-order valence-corrected chi connectivity index (χ3v) is 8.00. The fourth-order valence-electron chi connectivity index (χ4n) is 5.31. The van der Waals surface area contributed by atoms with E-state index in [0.717, 1.165) is 59.0 Å². The van der Waals surface area contributed by atoms with Crippen LogP contribution in [0, 0.1) is 17.6 Å². The van der Waals surface area contributed by atoms with Gasteiger partial charge in [0, 0.05) is 34.7 Å². The maximum atomic E-state index is 14.6. The highest BCUT2D eigenvalue weighted by Crippen LogP contribution is 2.34. The highest BCUT2D eigenvalue weighted by Gasteiger charge is 2.35. The average molecular weight is 599 g/mol. The molecule has 0 bridgehead atoms. The van der Waals surface area contributed by atoms with Crippen LogP contribution in [0.3, 0.4) is 0 Å². The summed E-state index contributed by atoms with van der Waals surface area (Å²) in [5.74, 6) is -1.94. The highest BCUT2D eigenvalue weighted by atomic mass is 79.9. The van der Waals surface area contributed by atoms with Crippen LogP contribution < -0.4 is 14.8 Å². The van der Waals surface area contributed by atoms with Crippen molar-refractivity contribution in [3.8, 4) is 11.5 Å². The van der Waals surface area contributed by atoms with Crippen molar-refractivity contribution in [3.63, 3.8) is 0 Å². The van der Waals surface area contributed by atoms with E-state index in [1.54, 1.807) is 31.4 Å². The van der Waals surface area contributed by atoms with Gasteiger partial charge in [0.2, 0.25) is 0 Å². The third kappa shape index (κ3) is 6.08. The van der Waals surface area contributed by atoms with Gasteiger partial charge < -0.3 is 19.7 Å². The van der Waals surface area contributed by atoms with Crippen LogP contribution in [0.25, 0.3) is 0 Å². The van der Waals surface area contributed by atoms with E-state index in [-0.39, 0.29) is 30.0 Å². The highest BCUT2D eigenvalue weighted by molar-refractivity contribution is 9.10. The molecule has 9 heteroatoms. The molecule has 0 spiro atoms. The molecule has 39 heavy (non-hydrogen) atoms. The van der Waals surface area contributed by atoms with Crippen LogP contribution in [0.2, 0.25) is 0 Å². The molecule has 3 aromatic rings. The number of ether oxygens (including phenoxy) is 2. The van der Waals surface area contributed by atoms with Gasteiger partial charge in [-0.25, -0.2) is 8.78 Å². The van der Waals surface area contributed by atoms with E-state index in [4.69, 9.17) is 9.47 Å². The molecule has 2 aliphatic rings. The molecule has 1 N–H and O–H groups in total. The van der Waals surface area contributed by atoms with E-state index in [2.05, 4.69) is 21.2 Å². The van der Waals surface area contributed by atoms with Gasteiger partial charge in [0.1, 0.15) is 12.4 Å². The Kier molecular flexibility index (Phi) is 8.16. The SMILES string of the molecule is COc1ccc(COc2c(F)cc(C(=O)NCC3CCC(N4Cc5cc(Br)ccc5C4=O)CC3)cc2F)cc1. The predicted octanol–water partition coefficient (Wildman–Crippen LogP) is 6.26. The van der Waals surface area contributed by atoms with Crippen molar-refractivity contribution in [1.82, 2.24) is 10.2 Å². The average Bonchev–Trinajstić information content (AvgIpc) is 3.26. The number of benzene rings is 3. The van der Waals surface area contributed by atoms with Crippen molar-refractivity contribution in [2.75, 3.05) is 13.7 Å². The number of carbonyl (C=O) groups excluding carboxylic acids is 2. The Balaban J connectivity index is 1.11. The van der Waals surface area contributed by atoms with Gasteiger partial charge in [0.15, 0.2) is 17.4 Å². The van der Waals surface area contributed by atoms with Crippen LogP contribution in [0.4, 0.5) is 8.78 Å². The smallest absolute Gasteiger partial charge is 0.254 e. The van der Waals surface area contributed by atoms with Gasteiger partial charge in [0.05, 0.1) is 7.11 Å². The molecular weight excluding hydrogens is 570 g/mol. The molecule has 6 nitrogen and oxygen atoms in total. The molecule has 1 heterocycles. The molecule has 5 rings (SSSR count). The molecule has 0 atom stereocenters. The largest absolute Gasteiger partial charge is 0.497 e. The van der Waals surface area contributed by atoms with Crippen molar-refractivity contribution in [1.29, 1.82) is 0 Å². The fourth-order valence-corrected chi connectivity index (χ4v) is 5.72. The third-order valence-electron chi connectivity index (χ3n) is 7.51. The summed E-state index contributed by atoms with van der Waals surface area (Å²) < 4.78 is 40.7. The minimum absolute atomic E-state index is 0.0291. The van der Waals surface area contributed by atoms with E-state index >= 15 is 0 Å². The fraction of sp³-hybridized carbons (Fsp3) is 0.333. The second kappa shape index (κ2) is 11.7. The summed E-state index contributed by atoms with van der Waals surface area (Å²) in [7, 11) is 1.55. The van der Waals surface area contributed by atoms with Gasteiger partial charge in [-0.15, -0.1) is 0 Å². The normalized spacial score (nSPS) is 18.6. The molecule has 3 aromatic carbocycles. The Hall–Kier alpha value is -3.46. The second-order valence-corrected chi connectivity index (χ2v) is 10.9. The standard InChI is InChI=1S/C30H29BrF2N2O4/c1-38-24-9-4-19(5-10-24)17-39-28-26(32)13-20(14-27(28)33)29(36)34-15-18-2-7-23(8-3-18)35-16-21-12-22(31)6-11-25(21)30(35)37/h4-6,9-14,18,23H,2-3,7-8,15-17H2,1H3,(H,34,36). The second-order valence-electron chi connectivity index (χ2n) is 10.0. The topological polar surface area (TPSA) is 67.9 Å². The quantitative estimate of drug-likeness (QED) is 0.332. The lowest BCUT2D eigenvalue weighted by Gasteiger charge is -2.34. The number of hydrogen-bond donors (Lipinski definition) is 1. The number of halogens is 3. The van der Waals surface area contributed by atoms with Gasteiger partial charge in [-0.2, -0.15) is 0 Å². The summed E-state index contributed by atoms with van der Waals surface area (Å²) >= 11 is 3.47. The maximum Gasteiger partial charge on any atom is 0.254 e. The lowest BCUT2D eigenvalue weighted by molar-refractivity contribution is 0.0635. The number of nitrogens with zero attached hydrogens (tertiary/aromatic N) is 1. The number of methoxy groups -OCH3 is 1. The van der Waals surface area contributed by atoms with Crippen LogP contribution in [-0.2, 0) is 13.2 Å². The van der Waals surface area contributed by atoms with Gasteiger partial charge in [-0.05, 0) is 85.2 Å². The number of carbonyl (C=O) groups is 2. The summed E-state index contributed by atoms with van der Waals surface area (Å²) in [6.07, 6.45) is 3.42. The van der Waals surface area contributed by atoms with E-state index in [1.807, 2.05) is 23.1 Å². The van der Waals surface area contributed by atoms with Crippen molar-refractivity contribution in [2.24, 2.45) is 5.92 Å². The van der Waals surface area contributed by atoms with E-state index in [1.165, 1.54) is 0 Å². The summed E-state index contributed by atoms with van der Waals surface area (Å²) in [5, 5.41) is 2.81. The Morgan fingerprint density at radius 2 is 1.72 bits per heavy atom. The first-order valence-corrected chi connectivity index (χ1v) is 13.7. The zero-order valence-electron chi connectivity index (χ0n) is 21.5. The van der Waals surface area contributed by atoms with Crippen molar-refractivity contribution in [3.05, 3.63) is 93.0 Å². The van der Waals surface area contributed by atoms with Crippen LogP contribution in [-0.4, -0.2) is 36.4 Å². The number of rotatable bonds is 8. The van der Waals surface area contributed by atoms with Gasteiger partial charge in [0.25, 0.3) is 11.8 Å². The van der Waals surface area contributed by atoms with Crippen molar-refractivity contribution < 1.29 is 27.8 Å². The molecule has 1 fully saturated rings. The van der Waals surface area contributed by atoms with Crippen molar-refractivity contribution in [2.45, 2.75) is 44.9 Å². The lowest BCUT2D eigenvalue weighted by atomic mass is 9.85. The first-order valence-electron chi connectivity index (χ1n) is 12.9. The van der Waals surface area contributed by atoms with E-state index < -0.39 is 23.3 Å². The van der Waals surface area contributed by atoms with E-state index in [9.17, 15) is 18.4 Å². The molecule has 0 unspecified atom stereocenters. The Morgan fingerprint density at radius 3 is 2.38 bits per heavy atom. The molecule has 1 saturated carbocycles. The van der Waals surface area contributed by atoms with E-state index in [0.29, 0.717) is 18.8 Å². The molecule has 0 aromatic heterocycles. The summed E-state index contributed by atoms with van der Waals surface area (Å²) in [6.45, 7) is 1.00. The molecule has 0 saturated heterocycles. The molecular formula is C30H29BrF2N2O4. The molecule has 0 radical (unpaired) electrons. The first kappa shape index (κ1) is 27.1. The van der Waals surface area contributed by atoms with Crippen LogP contribution in [0.5, 0.6) is 11.5 Å². The number of nitrogens with one attached hydrogen (secondary N) is 1. The number of fused-ring (bicyclic) bond motifs is 1. The van der Waals surface area contributed by atoms with Crippen molar-refractivity contribution >= 4 is 27.7 Å². The number of amides is 2. The minimum atomic E-state index is -0.933.